The monoisotopic (exact) mass is 408 g/mol. The molecule has 1 aromatic heterocycles. The Bertz CT molecular complexity index is 842. The van der Waals surface area contributed by atoms with Gasteiger partial charge in [0.25, 0.3) is 10.0 Å². The standard InChI is InChI=1S/C14H14Cl2N2O4S2/c1-3-22-12(19)6-10-7-23-14(17-10)18-24(20,21)13-8(2)4-9(15)5-11(13)16/h4-5,7H,3,6H2,1-2H3,(H,17,18). The summed E-state index contributed by atoms with van der Waals surface area (Å²) in [5.41, 5.74) is 0.846. The highest BCUT2D eigenvalue weighted by Gasteiger charge is 2.23. The SMILES string of the molecule is CCOC(=O)Cc1csc(NS(=O)(=O)c2c(C)cc(Cl)cc2Cl)n1. The van der Waals surface area contributed by atoms with Crippen LogP contribution in [-0.2, 0) is 26.0 Å². The molecule has 0 saturated heterocycles. The molecule has 0 fully saturated rings. The number of carbonyl (C=O) groups excluding carboxylic acids is 1. The van der Waals surface area contributed by atoms with Gasteiger partial charge in [0.05, 0.1) is 23.7 Å². The van der Waals surface area contributed by atoms with Gasteiger partial charge in [-0.15, -0.1) is 11.3 Å². The molecule has 1 N–H and O–H groups in total. The Morgan fingerprint density at radius 3 is 2.71 bits per heavy atom. The molecule has 2 aromatic rings. The predicted molar refractivity (Wildman–Crippen MR) is 94.5 cm³/mol. The number of carbonyl (C=O) groups is 1. The van der Waals surface area contributed by atoms with E-state index in [9.17, 15) is 13.2 Å². The molecule has 0 unspecified atom stereocenters. The fraction of sp³-hybridized carbons (Fsp3) is 0.286. The molecule has 0 atom stereocenters. The smallest absolute Gasteiger partial charge is 0.311 e. The average molecular weight is 409 g/mol. The summed E-state index contributed by atoms with van der Waals surface area (Å²) in [7, 11) is -3.93. The number of sulfonamides is 1. The van der Waals surface area contributed by atoms with Crippen LogP contribution >= 0.6 is 34.5 Å². The topological polar surface area (TPSA) is 85.4 Å². The van der Waals surface area contributed by atoms with Gasteiger partial charge in [-0.05, 0) is 31.5 Å². The van der Waals surface area contributed by atoms with Crippen molar-refractivity contribution in [3.63, 3.8) is 0 Å². The minimum atomic E-state index is -3.93. The van der Waals surface area contributed by atoms with Gasteiger partial charge in [0.15, 0.2) is 5.13 Å². The number of hydrogen-bond acceptors (Lipinski definition) is 6. The largest absolute Gasteiger partial charge is 0.466 e. The molecule has 0 amide bonds. The Kier molecular flexibility index (Phi) is 6.08. The highest BCUT2D eigenvalue weighted by Crippen LogP contribution is 2.31. The molecule has 1 aromatic carbocycles. The lowest BCUT2D eigenvalue weighted by atomic mass is 10.2. The van der Waals surface area contributed by atoms with E-state index in [1.807, 2.05) is 0 Å². The zero-order valence-corrected chi connectivity index (χ0v) is 15.9. The van der Waals surface area contributed by atoms with E-state index < -0.39 is 16.0 Å². The molecule has 1 heterocycles. The Hall–Kier alpha value is -1.35. The highest BCUT2D eigenvalue weighted by molar-refractivity contribution is 7.93. The first-order chi connectivity index (χ1) is 11.2. The van der Waals surface area contributed by atoms with Crippen LogP contribution < -0.4 is 4.72 Å². The molecule has 0 saturated carbocycles. The quantitative estimate of drug-likeness (QED) is 0.736. The number of nitrogens with zero attached hydrogens (tertiary/aromatic N) is 1. The Morgan fingerprint density at radius 1 is 1.38 bits per heavy atom. The normalized spacial score (nSPS) is 11.3. The van der Waals surface area contributed by atoms with Crippen molar-refractivity contribution in [1.82, 2.24) is 4.98 Å². The van der Waals surface area contributed by atoms with Crippen molar-refractivity contribution in [3.05, 3.63) is 38.8 Å². The molecular weight excluding hydrogens is 395 g/mol. The number of anilines is 1. The average Bonchev–Trinajstić information content (AvgIpc) is 2.83. The summed E-state index contributed by atoms with van der Waals surface area (Å²) >= 11 is 12.9. The fourth-order valence-corrected chi connectivity index (χ4v) is 5.14. The number of esters is 1. The van der Waals surface area contributed by atoms with Gasteiger partial charge in [0, 0.05) is 10.4 Å². The number of benzene rings is 1. The van der Waals surface area contributed by atoms with Crippen molar-refractivity contribution >= 4 is 55.7 Å². The number of thiazole rings is 1. The Labute approximate surface area is 153 Å². The molecule has 0 radical (unpaired) electrons. The van der Waals surface area contributed by atoms with E-state index in [-0.39, 0.29) is 28.1 Å². The summed E-state index contributed by atoms with van der Waals surface area (Å²) in [5.74, 6) is -0.422. The van der Waals surface area contributed by atoms with Gasteiger partial charge in [-0.2, -0.15) is 0 Å². The van der Waals surface area contributed by atoms with Crippen molar-refractivity contribution < 1.29 is 17.9 Å². The molecule has 24 heavy (non-hydrogen) atoms. The first kappa shape index (κ1) is 19.0. The number of halogens is 2. The molecule has 2 rings (SSSR count). The second kappa shape index (κ2) is 7.69. The zero-order chi connectivity index (χ0) is 17.9. The number of rotatable bonds is 6. The second-order valence-corrected chi connectivity index (χ2v) is 8.09. The molecule has 0 bridgehead atoms. The van der Waals surface area contributed by atoms with E-state index in [4.69, 9.17) is 27.9 Å². The van der Waals surface area contributed by atoms with Crippen molar-refractivity contribution in [2.75, 3.05) is 11.3 Å². The van der Waals surface area contributed by atoms with Gasteiger partial charge in [-0.25, -0.2) is 13.4 Å². The molecule has 0 aliphatic rings. The third-order valence-corrected chi connectivity index (χ3v) is 5.97. The van der Waals surface area contributed by atoms with E-state index >= 15 is 0 Å². The molecule has 6 nitrogen and oxygen atoms in total. The van der Waals surface area contributed by atoms with Crippen LogP contribution in [0.25, 0.3) is 0 Å². The van der Waals surface area contributed by atoms with Crippen LogP contribution in [0.4, 0.5) is 5.13 Å². The van der Waals surface area contributed by atoms with Crippen LogP contribution in [0.5, 0.6) is 0 Å². The maximum Gasteiger partial charge on any atom is 0.311 e. The van der Waals surface area contributed by atoms with Crippen LogP contribution in [-0.4, -0.2) is 26.0 Å². The molecular formula is C14H14Cl2N2O4S2. The van der Waals surface area contributed by atoms with Gasteiger partial charge in [0.1, 0.15) is 4.90 Å². The van der Waals surface area contributed by atoms with E-state index in [1.54, 1.807) is 19.2 Å². The highest BCUT2D eigenvalue weighted by atomic mass is 35.5. The van der Waals surface area contributed by atoms with Crippen LogP contribution in [0.1, 0.15) is 18.2 Å². The Balaban J connectivity index is 2.22. The molecule has 0 aliphatic carbocycles. The first-order valence-electron chi connectivity index (χ1n) is 6.81. The predicted octanol–water partition coefficient (Wildman–Crippen LogP) is 3.66. The summed E-state index contributed by atoms with van der Waals surface area (Å²) in [6.45, 7) is 3.58. The van der Waals surface area contributed by atoms with Gasteiger partial charge in [-0.3, -0.25) is 9.52 Å². The van der Waals surface area contributed by atoms with E-state index in [2.05, 4.69) is 9.71 Å². The molecule has 0 spiro atoms. The van der Waals surface area contributed by atoms with Gasteiger partial charge >= 0.3 is 5.97 Å². The van der Waals surface area contributed by atoms with Crippen molar-refractivity contribution in [1.29, 1.82) is 0 Å². The minimum absolute atomic E-state index is 0.0210. The summed E-state index contributed by atoms with van der Waals surface area (Å²) in [6.07, 6.45) is -0.0210. The van der Waals surface area contributed by atoms with E-state index in [1.165, 1.54) is 12.1 Å². The molecule has 0 aliphatic heterocycles. The summed E-state index contributed by atoms with van der Waals surface area (Å²) in [5, 5.41) is 2.10. The third kappa shape index (κ3) is 4.60. The molecule has 130 valence electrons. The van der Waals surface area contributed by atoms with Crippen molar-refractivity contribution in [2.24, 2.45) is 0 Å². The number of ether oxygens (including phenoxy) is 1. The fourth-order valence-electron chi connectivity index (χ4n) is 1.99. The van der Waals surface area contributed by atoms with Crippen molar-refractivity contribution in [2.45, 2.75) is 25.2 Å². The summed E-state index contributed by atoms with van der Waals surface area (Å²) in [4.78, 5) is 15.4. The minimum Gasteiger partial charge on any atom is -0.466 e. The zero-order valence-electron chi connectivity index (χ0n) is 12.8. The van der Waals surface area contributed by atoms with Gasteiger partial charge in [-0.1, -0.05) is 23.2 Å². The lowest BCUT2D eigenvalue weighted by molar-refractivity contribution is -0.142. The summed E-state index contributed by atoms with van der Waals surface area (Å²) < 4.78 is 32.2. The van der Waals surface area contributed by atoms with E-state index in [0.717, 1.165) is 11.3 Å². The third-order valence-electron chi connectivity index (χ3n) is 2.87. The maximum atomic E-state index is 12.5. The number of aromatic nitrogens is 1. The lowest BCUT2D eigenvalue weighted by Gasteiger charge is -2.10. The Morgan fingerprint density at radius 2 is 2.08 bits per heavy atom. The van der Waals surface area contributed by atoms with Crippen molar-refractivity contribution in [3.8, 4) is 0 Å². The van der Waals surface area contributed by atoms with Crippen LogP contribution in [0.2, 0.25) is 10.0 Å². The van der Waals surface area contributed by atoms with Gasteiger partial charge in [0.2, 0.25) is 0 Å². The second-order valence-electron chi connectivity index (χ2n) is 4.76. The van der Waals surface area contributed by atoms with Crippen LogP contribution in [0.15, 0.2) is 22.4 Å². The van der Waals surface area contributed by atoms with Crippen LogP contribution in [0, 0.1) is 6.92 Å². The number of aryl methyl sites for hydroxylation is 1. The number of hydrogen-bond donors (Lipinski definition) is 1. The first-order valence-corrected chi connectivity index (χ1v) is 9.93. The molecule has 10 heteroatoms. The van der Waals surface area contributed by atoms with Gasteiger partial charge < -0.3 is 4.74 Å². The maximum absolute atomic E-state index is 12.5. The summed E-state index contributed by atoms with van der Waals surface area (Å²) in [6, 6.07) is 2.87. The number of nitrogens with one attached hydrogen (secondary N) is 1. The van der Waals surface area contributed by atoms with Crippen LogP contribution in [0.3, 0.4) is 0 Å². The lowest BCUT2D eigenvalue weighted by Crippen LogP contribution is -2.15. The van der Waals surface area contributed by atoms with E-state index in [0.29, 0.717) is 16.3 Å².